The van der Waals surface area contributed by atoms with Crippen LogP contribution in [0.1, 0.15) is 309 Å². The first-order valence-corrected chi connectivity index (χ1v) is 39.9. The third kappa shape index (κ3) is 23.2. The lowest BCUT2D eigenvalue weighted by Crippen LogP contribution is -2.24. The second-order valence-corrected chi connectivity index (χ2v) is 30.3. The highest BCUT2D eigenvalue weighted by molar-refractivity contribution is 6.09. The van der Waals surface area contributed by atoms with Crippen LogP contribution >= 0.6 is 0 Å². The normalized spacial score (nSPS) is 13.9. The van der Waals surface area contributed by atoms with Gasteiger partial charge in [0.25, 0.3) is 0 Å². The number of benzene rings is 10. The minimum absolute atomic E-state index is 0. The van der Waals surface area contributed by atoms with E-state index < -0.39 is 12.2 Å². The van der Waals surface area contributed by atoms with Gasteiger partial charge in [0, 0.05) is 78.0 Å². The van der Waals surface area contributed by atoms with Crippen LogP contribution in [0.15, 0.2) is 146 Å². The number of rotatable bonds is 33. The Labute approximate surface area is 693 Å². The van der Waals surface area contributed by atoms with E-state index >= 15 is 0 Å². The maximum Gasteiger partial charge on any atom is 0.338 e. The minimum Gasteiger partial charge on any atom is -0.489 e. The summed E-state index contributed by atoms with van der Waals surface area (Å²) >= 11 is 0. The monoisotopic (exact) mass is 1580 g/mol. The van der Waals surface area contributed by atoms with Crippen LogP contribution in [0.3, 0.4) is 0 Å². The van der Waals surface area contributed by atoms with Crippen molar-refractivity contribution in [3.63, 3.8) is 0 Å². The number of aliphatic hydroxyl groups excluding tert-OH is 2. The van der Waals surface area contributed by atoms with Crippen molar-refractivity contribution >= 4 is 49.1 Å². The molecule has 0 fully saturated rings. The largest absolute Gasteiger partial charge is 0.489 e. The zero-order chi connectivity index (χ0) is 77.8. The van der Waals surface area contributed by atoms with E-state index in [1.54, 1.807) is 42.3 Å². The fourth-order valence-corrected chi connectivity index (χ4v) is 16.3. The second kappa shape index (κ2) is 47.6. The van der Waals surface area contributed by atoms with Crippen LogP contribution in [0.5, 0.6) is 28.7 Å². The highest BCUT2D eigenvalue weighted by Gasteiger charge is 2.36. The smallest absolute Gasteiger partial charge is 0.338 e. The summed E-state index contributed by atoms with van der Waals surface area (Å²) in [5, 5.41) is 31.0. The van der Waals surface area contributed by atoms with Crippen molar-refractivity contribution in [2.45, 2.75) is 260 Å². The average Bonchev–Trinajstić information content (AvgIpc) is 0.734. The van der Waals surface area contributed by atoms with Crippen molar-refractivity contribution in [2.75, 3.05) is 68.1 Å². The zero-order valence-corrected chi connectivity index (χ0v) is 67.8. The molecule has 2 aliphatic carbocycles. The first kappa shape index (κ1) is 98.8. The Morgan fingerprint density at radius 2 is 0.748 bits per heavy atom. The van der Waals surface area contributed by atoms with Gasteiger partial charge in [0.2, 0.25) is 0 Å². The second-order valence-electron chi connectivity index (χ2n) is 30.3. The zero-order valence-electron chi connectivity index (χ0n) is 67.8. The third-order valence-electron chi connectivity index (χ3n) is 22.2. The van der Waals surface area contributed by atoms with E-state index in [-0.39, 0.29) is 63.7 Å². The standard InChI is InChI=1S/C34H42O5.C33H40O4.C29H38O4.6CH4/c1-5-20(2)24-12-8-14-26-25(24)13-9-15-27(26)34(37)39-19-18-38-33-30(21(3)35)28-16-6-10-23-11-7-17-29(32(23)28)31(33)22(4)36;1-7-23(4)31-27-12-8-10-14-29(27)33(30-15-11-9-13-28(30)31)37-17-16-36-32-25(20-34-5)18-24(22(2)3)19-26(32)21-35-6;1-7-21(4)25-12-13-28(27-11-9-8-10-26(25)27)32-14-15-33-29-23(18-30-5)16-22(20(2)3)17-24(29)19-31-6;;;;;;/h8-9,12-15,20-23,35-36H,5-7,10-11,16-19H2,1-4H3;8-15,18-19,22-23H,7,16-17,20-21H2,1-6H3;8-13,16-17,20-21H,7,14-15,18-19H2,1-6H3;6*1H4. The molecule has 0 amide bonds. The maximum atomic E-state index is 13.1. The molecular formula is C102H144O13. The molecule has 5 unspecified atom stereocenters. The number of ether oxygens (including phenoxy) is 10. The van der Waals surface area contributed by atoms with Gasteiger partial charge < -0.3 is 57.6 Å². The Morgan fingerprint density at radius 3 is 1.18 bits per heavy atom. The lowest BCUT2D eigenvalue weighted by atomic mass is 9.69. The molecule has 0 saturated heterocycles. The van der Waals surface area contributed by atoms with E-state index in [2.05, 4.69) is 191 Å². The summed E-state index contributed by atoms with van der Waals surface area (Å²) in [4.78, 5) is 13.1. The van der Waals surface area contributed by atoms with Crippen LogP contribution in [0, 0.1) is 0 Å². The highest BCUT2D eigenvalue weighted by atomic mass is 16.6. The fourth-order valence-electron chi connectivity index (χ4n) is 16.3. The molecule has 10 aromatic rings. The Morgan fingerprint density at radius 1 is 0.383 bits per heavy atom. The molecule has 2 aliphatic rings. The molecule has 13 nitrogen and oxygen atoms in total. The number of hydrogen-bond acceptors (Lipinski definition) is 13. The molecule has 0 aromatic heterocycles. The number of esters is 1. The summed E-state index contributed by atoms with van der Waals surface area (Å²) in [5.74, 6) is 6.39. The molecule has 13 heteroatoms. The van der Waals surface area contributed by atoms with Crippen LogP contribution in [-0.2, 0) is 63.0 Å². The number of aliphatic hydroxyl groups is 2. The van der Waals surface area contributed by atoms with Crippen LogP contribution in [0.2, 0.25) is 0 Å². The molecule has 0 aliphatic heterocycles. The fraction of sp³-hybridized carbons (Fsp3) is 0.480. The predicted octanol–water partition coefficient (Wildman–Crippen LogP) is 26.9. The highest BCUT2D eigenvalue weighted by Crippen LogP contribution is 2.51. The van der Waals surface area contributed by atoms with Gasteiger partial charge >= 0.3 is 5.97 Å². The average molecular weight is 1580 g/mol. The van der Waals surface area contributed by atoms with Crippen LogP contribution in [0.4, 0.5) is 0 Å². The summed E-state index contributed by atoms with van der Waals surface area (Å²) in [5.41, 5.74) is 16.6. The minimum atomic E-state index is -0.712. The van der Waals surface area contributed by atoms with E-state index in [1.165, 1.54) is 73.5 Å². The van der Waals surface area contributed by atoms with E-state index in [1.807, 2.05) is 24.3 Å². The molecule has 2 N–H and O–H groups in total. The number of hydrogen-bond donors (Lipinski definition) is 2. The third-order valence-corrected chi connectivity index (χ3v) is 22.2. The molecule has 0 saturated carbocycles. The van der Waals surface area contributed by atoms with E-state index in [9.17, 15) is 15.0 Å². The van der Waals surface area contributed by atoms with Crippen molar-refractivity contribution in [1.82, 2.24) is 0 Å². The van der Waals surface area contributed by atoms with Crippen LogP contribution in [0.25, 0.3) is 43.1 Å². The molecule has 0 bridgehead atoms. The van der Waals surface area contributed by atoms with Gasteiger partial charge in [0.1, 0.15) is 68.4 Å². The number of methoxy groups -OCH3 is 4. The van der Waals surface area contributed by atoms with Crippen molar-refractivity contribution in [2.24, 2.45) is 0 Å². The van der Waals surface area contributed by atoms with Gasteiger partial charge in [-0.3, -0.25) is 0 Å². The van der Waals surface area contributed by atoms with Gasteiger partial charge in [0.05, 0.1) is 44.2 Å². The molecule has 12 rings (SSSR count). The number of fused-ring (bicyclic) bond motifs is 4. The van der Waals surface area contributed by atoms with Gasteiger partial charge in [-0.25, -0.2) is 4.79 Å². The molecule has 630 valence electrons. The Balaban J connectivity index is 0.000000355. The first-order chi connectivity index (χ1) is 52.8. The molecular weight excluding hydrogens is 1430 g/mol. The van der Waals surface area contributed by atoms with Crippen molar-refractivity contribution < 1.29 is 62.4 Å². The lowest BCUT2D eigenvalue weighted by Gasteiger charge is -2.37. The van der Waals surface area contributed by atoms with Crippen LogP contribution < -0.4 is 23.7 Å². The topological polar surface area (TPSA) is 150 Å². The van der Waals surface area contributed by atoms with Crippen molar-refractivity contribution in [1.29, 1.82) is 0 Å². The van der Waals surface area contributed by atoms with Crippen molar-refractivity contribution in [3.05, 3.63) is 229 Å². The summed E-state index contributed by atoms with van der Waals surface area (Å²) in [7, 11) is 6.84. The molecule has 115 heavy (non-hydrogen) atoms. The summed E-state index contributed by atoms with van der Waals surface area (Å²) < 4.78 is 59.1. The van der Waals surface area contributed by atoms with Gasteiger partial charge in [-0.2, -0.15) is 0 Å². The van der Waals surface area contributed by atoms with E-state index in [0.29, 0.717) is 99.7 Å². The van der Waals surface area contributed by atoms with Crippen molar-refractivity contribution in [3.8, 4) is 28.7 Å². The van der Waals surface area contributed by atoms with Gasteiger partial charge in [-0.15, -0.1) is 0 Å². The first-order valence-electron chi connectivity index (χ1n) is 39.9. The maximum absolute atomic E-state index is 13.1. The van der Waals surface area contributed by atoms with E-state index in [4.69, 9.17) is 47.4 Å². The molecule has 0 radical (unpaired) electrons. The van der Waals surface area contributed by atoms with Gasteiger partial charge in [-0.05, 0) is 215 Å². The Hall–Kier alpha value is -8.53. The molecule has 0 heterocycles. The summed E-state index contributed by atoms with van der Waals surface area (Å²) in [6.45, 7) is 29.7. The SMILES string of the molecule is C.C.C.C.C.C.CCC(C)c1c2ccccc2c(OCCOc2c(COC)cc(C(C)C)cc2COC)c2ccccc12.CCC(C)c1ccc(OCCOc2c(COC)cc(C(C)C)cc2COC)c2ccccc12.CCC(C)c1cccc2c(C(=O)OCCOc3c(C(C)O)c4c5c(c3C(C)O)CCCC5CCC4)cccc12. The molecule has 10 aromatic carbocycles. The number of carbonyl (C=O) groups is 1. The Bertz CT molecular complexity index is 4510. The van der Waals surface area contributed by atoms with Gasteiger partial charge in [0.15, 0.2) is 0 Å². The van der Waals surface area contributed by atoms with Crippen LogP contribution in [-0.4, -0.2) is 84.3 Å². The number of carbonyl (C=O) groups excluding carboxylic acids is 1. The quantitative estimate of drug-likeness (QED) is 0.0228. The lowest BCUT2D eigenvalue weighted by molar-refractivity contribution is 0.0447. The predicted molar refractivity (Wildman–Crippen MR) is 484 cm³/mol. The van der Waals surface area contributed by atoms with Gasteiger partial charge in [-0.1, -0.05) is 223 Å². The molecule has 0 spiro atoms. The summed E-state index contributed by atoms with van der Waals surface area (Å²) in [6.07, 6.45) is 8.19. The Kier molecular flexibility index (Phi) is 40.9. The van der Waals surface area contributed by atoms with E-state index in [0.717, 1.165) is 128 Å². The molecule has 5 atom stereocenters. The summed E-state index contributed by atoms with van der Waals surface area (Å²) in [6, 6.07) is 50.6.